The fraction of sp³-hybridized carbons (Fsp3) is 0.308. The Labute approximate surface area is 189 Å². The molecule has 32 heavy (non-hydrogen) atoms. The molecule has 0 atom stereocenters. The van der Waals surface area contributed by atoms with Crippen LogP contribution in [0.4, 0.5) is 11.4 Å². The molecule has 0 saturated carbocycles. The van der Waals surface area contributed by atoms with Crippen molar-refractivity contribution >= 4 is 33.2 Å². The lowest BCUT2D eigenvalue weighted by Gasteiger charge is -2.12. The Kier molecular flexibility index (Phi) is 7.48. The van der Waals surface area contributed by atoms with E-state index in [9.17, 15) is 0 Å². The topological polar surface area (TPSA) is 68.3 Å². The third-order valence-corrected chi connectivity index (χ3v) is 5.18. The Morgan fingerprint density at radius 2 is 1.06 bits per heavy atom. The zero-order valence-corrected chi connectivity index (χ0v) is 18.7. The van der Waals surface area contributed by atoms with Gasteiger partial charge in [0.25, 0.3) is 0 Å². The van der Waals surface area contributed by atoms with Crippen molar-refractivity contribution in [2.45, 2.75) is 13.8 Å². The van der Waals surface area contributed by atoms with Crippen molar-refractivity contribution in [3.8, 4) is 0 Å². The summed E-state index contributed by atoms with van der Waals surface area (Å²) < 4.78 is 11.4. The first kappa shape index (κ1) is 22.0. The first-order valence-electron chi connectivity index (χ1n) is 11.1. The second-order valence-corrected chi connectivity index (χ2v) is 7.73. The highest BCUT2D eigenvalue weighted by Gasteiger charge is 2.04. The van der Waals surface area contributed by atoms with Gasteiger partial charge in [0, 0.05) is 46.6 Å². The van der Waals surface area contributed by atoms with Crippen LogP contribution in [-0.4, -0.2) is 49.5 Å². The SMILES string of the molecule is Cc1cc(NCCOCCOCCNc2cc(C)nc3ccccc23)c2ccccc2n1. The molecule has 0 bridgehead atoms. The van der Waals surface area contributed by atoms with E-state index >= 15 is 0 Å². The van der Waals surface area contributed by atoms with Crippen LogP contribution >= 0.6 is 0 Å². The molecule has 2 N–H and O–H groups in total. The predicted molar refractivity (Wildman–Crippen MR) is 132 cm³/mol. The summed E-state index contributed by atoms with van der Waals surface area (Å²) in [5.41, 5.74) is 6.21. The van der Waals surface area contributed by atoms with Gasteiger partial charge in [-0.2, -0.15) is 0 Å². The van der Waals surface area contributed by atoms with Gasteiger partial charge >= 0.3 is 0 Å². The van der Waals surface area contributed by atoms with Crippen LogP contribution in [0.3, 0.4) is 0 Å². The number of fused-ring (bicyclic) bond motifs is 2. The minimum atomic E-state index is 0.578. The molecular weight excluding hydrogens is 400 g/mol. The van der Waals surface area contributed by atoms with Crippen molar-refractivity contribution in [3.05, 3.63) is 72.1 Å². The molecule has 0 aliphatic heterocycles. The number of nitrogens with one attached hydrogen (secondary N) is 2. The predicted octanol–water partition coefficient (Wildman–Crippen LogP) is 4.96. The molecule has 0 radical (unpaired) electrons. The van der Waals surface area contributed by atoms with Crippen molar-refractivity contribution in [3.63, 3.8) is 0 Å². The number of ether oxygens (including phenoxy) is 2. The number of para-hydroxylation sites is 2. The molecule has 0 saturated heterocycles. The van der Waals surface area contributed by atoms with Crippen molar-refractivity contribution in [1.82, 2.24) is 9.97 Å². The Balaban J connectivity index is 1.11. The third-order valence-electron chi connectivity index (χ3n) is 5.18. The highest BCUT2D eigenvalue weighted by molar-refractivity contribution is 5.92. The number of hydrogen-bond donors (Lipinski definition) is 2. The summed E-state index contributed by atoms with van der Waals surface area (Å²) in [6, 6.07) is 20.5. The van der Waals surface area contributed by atoms with E-state index in [-0.39, 0.29) is 0 Å². The molecular formula is C26H30N4O2. The summed E-state index contributed by atoms with van der Waals surface area (Å²) >= 11 is 0. The van der Waals surface area contributed by atoms with Crippen LogP contribution in [0.15, 0.2) is 60.7 Å². The molecule has 0 unspecified atom stereocenters. The van der Waals surface area contributed by atoms with Crippen molar-refractivity contribution in [2.24, 2.45) is 0 Å². The standard InChI is InChI=1S/C26H30N4O2/c1-19-17-25(21-7-3-5-9-23(21)29-19)27-11-13-31-15-16-32-14-12-28-26-18-20(2)30-24-10-6-4-8-22(24)26/h3-10,17-18H,11-16H2,1-2H3,(H,27,29)(H,28,30). The molecule has 6 heteroatoms. The fourth-order valence-electron chi connectivity index (χ4n) is 3.75. The van der Waals surface area contributed by atoms with Gasteiger partial charge in [-0.05, 0) is 38.1 Å². The van der Waals surface area contributed by atoms with Gasteiger partial charge in [0.2, 0.25) is 0 Å². The second-order valence-electron chi connectivity index (χ2n) is 7.73. The van der Waals surface area contributed by atoms with Gasteiger partial charge in [0.05, 0.1) is 37.5 Å². The summed E-state index contributed by atoms with van der Waals surface area (Å²) in [5, 5.41) is 9.17. The lowest BCUT2D eigenvalue weighted by atomic mass is 10.1. The first-order valence-corrected chi connectivity index (χ1v) is 11.1. The van der Waals surface area contributed by atoms with Crippen LogP contribution in [0.2, 0.25) is 0 Å². The maximum Gasteiger partial charge on any atom is 0.0725 e. The van der Waals surface area contributed by atoms with Crippen molar-refractivity contribution < 1.29 is 9.47 Å². The van der Waals surface area contributed by atoms with Gasteiger partial charge in [-0.3, -0.25) is 9.97 Å². The number of aryl methyl sites for hydroxylation is 2. The maximum absolute atomic E-state index is 5.70. The fourth-order valence-corrected chi connectivity index (χ4v) is 3.75. The normalized spacial score (nSPS) is 11.2. The summed E-state index contributed by atoms with van der Waals surface area (Å²) in [6.07, 6.45) is 0. The molecule has 6 nitrogen and oxygen atoms in total. The van der Waals surface area contributed by atoms with E-state index < -0.39 is 0 Å². The van der Waals surface area contributed by atoms with Crippen LogP contribution in [0, 0.1) is 13.8 Å². The average molecular weight is 431 g/mol. The van der Waals surface area contributed by atoms with Gasteiger partial charge in [0.1, 0.15) is 0 Å². The number of aromatic nitrogens is 2. The summed E-state index contributed by atoms with van der Waals surface area (Å²) in [5.74, 6) is 0. The molecule has 0 spiro atoms. The Hall–Kier alpha value is -3.22. The quantitative estimate of drug-likeness (QED) is 0.328. The van der Waals surface area contributed by atoms with Crippen LogP contribution in [0.5, 0.6) is 0 Å². The largest absolute Gasteiger partial charge is 0.382 e. The highest BCUT2D eigenvalue weighted by Crippen LogP contribution is 2.23. The van der Waals surface area contributed by atoms with E-state index in [1.807, 2.05) is 50.2 Å². The monoisotopic (exact) mass is 430 g/mol. The molecule has 2 heterocycles. The molecule has 4 aromatic rings. The molecule has 4 rings (SSSR count). The van der Waals surface area contributed by atoms with E-state index in [0.29, 0.717) is 26.4 Å². The van der Waals surface area contributed by atoms with Crippen molar-refractivity contribution in [1.29, 1.82) is 0 Å². The van der Waals surface area contributed by atoms with E-state index in [4.69, 9.17) is 9.47 Å². The lowest BCUT2D eigenvalue weighted by molar-refractivity contribution is 0.0557. The Morgan fingerprint density at radius 1 is 0.625 bits per heavy atom. The van der Waals surface area contributed by atoms with E-state index in [0.717, 1.165) is 57.7 Å². The zero-order valence-electron chi connectivity index (χ0n) is 18.7. The Morgan fingerprint density at radius 3 is 1.53 bits per heavy atom. The summed E-state index contributed by atoms with van der Waals surface area (Å²) in [4.78, 5) is 9.14. The highest BCUT2D eigenvalue weighted by atomic mass is 16.5. The third kappa shape index (κ3) is 5.72. The zero-order chi connectivity index (χ0) is 22.2. The van der Waals surface area contributed by atoms with Gasteiger partial charge in [-0.15, -0.1) is 0 Å². The smallest absolute Gasteiger partial charge is 0.0725 e. The van der Waals surface area contributed by atoms with Crippen LogP contribution in [0.25, 0.3) is 21.8 Å². The summed E-state index contributed by atoms with van der Waals surface area (Å²) in [6.45, 7) is 7.91. The molecule has 0 fully saturated rings. The molecule has 2 aromatic carbocycles. The van der Waals surface area contributed by atoms with E-state index in [1.54, 1.807) is 0 Å². The van der Waals surface area contributed by atoms with Gasteiger partial charge in [-0.25, -0.2) is 0 Å². The number of hydrogen-bond acceptors (Lipinski definition) is 6. The number of benzene rings is 2. The molecule has 0 aliphatic rings. The molecule has 0 amide bonds. The number of anilines is 2. The number of rotatable bonds is 11. The van der Waals surface area contributed by atoms with Crippen molar-refractivity contribution in [2.75, 3.05) is 50.2 Å². The van der Waals surface area contributed by atoms with Gasteiger partial charge in [-0.1, -0.05) is 36.4 Å². The first-order chi connectivity index (χ1) is 15.7. The van der Waals surface area contributed by atoms with E-state index in [1.165, 1.54) is 0 Å². The molecule has 2 aromatic heterocycles. The van der Waals surface area contributed by atoms with Gasteiger partial charge in [0.15, 0.2) is 0 Å². The van der Waals surface area contributed by atoms with Crippen LogP contribution < -0.4 is 10.6 Å². The van der Waals surface area contributed by atoms with Crippen LogP contribution in [0.1, 0.15) is 11.4 Å². The van der Waals surface area contributed by atoms with E-state index in [2.05, 4.69) is 44.9 Å². The lowest BCUT2D eigenvalue weighted by Crippen LogP contribution is -2.15. The minimum absolute atomic E-state index is 0.578. The Bertz CT molecular complexity index is 1090. The molecule has 166 valence electrons. The molecule has 0 aliphatic carbocycles. The summed E-state index contributed by atoms with van der Waals surface area (Å²) in [7, 11) is 0. The minimum Gasteiger partial charge on any atom is -0.382 e. The average Bonchev–Trinajstić information content (AvgIpc) is 2.79. The van der Waals surface area contributed by atoms with Gasteiger partial charge < -0.3 is 20.1 Å². The maximum atomic E-state index is 5.70. The number of nitrogens with zero attached hydrogens (tertiary/aromatic N) is 2. The second kappa shape index (κ2) is 10.9. The van der Waals surface area contributed by atoms with Crippen LogP contribution in [-0.2, 0) is 9.47 Å². The number of pyridine rings is 2.